The monoisotopic (exact) mass is 419 g/mol. The molecule has 4 rings (SSSR count). The number of allylic oxidation sites excluding steroid dienone is 1. The molecule has 2 heterocycles. The number of para-hydroxylation sites is 1. The molecule has 1 aliphatic rings. The number of alkyl halides is 2. The lowest BCUT2D eigenvalue weighted by Gasteiger charge is -2.25. The Morgan fingerprint density at radius 1 is 1.15 bits per heavy atom. The predicted octanol–water partition coefficient (Wildman–Crippen LogP) is 4.09. The summed E-state index contributed by atoms with van der Waals surface area (Å²) in [6.07, 6.45) is 1.87. The average molecular weight is 420 g/mol. The van der Waals surface area contributed by atoms with Gasteiger partial charge in [-0.1, -0.05) is 51.4 Å². The van der Waals surface area contributed by atoms with Gasteiger partial charge in [0.1, 0.15) is 11.8 Å². The van der Waals surface area contributed by atoms with Crippen molar-refractivity contribution < 1.29 is 13.5 Å². The number of ether oxygens (including phenoxy) is 1. The van der Waals surface area contributed by atoms with Crippen LogP contribution in [-0.4, -0.2) is 26.8 Å². The van der Waals surface area contributed by atoms with Gasteiger partial charge in [0.2, 0.25) is 5.95 Å². The summed E-state index contributed by atoms with van der Waals surface area (Å²) < 4.78 is 32.7. The Labute approximate surface area is 155 Å². The van der Waals surface area contributed by atoms with Gasteiger partial charge in [0.25, 0.3) is 0 Å². The van der Waals surface area contributed by atoms with Gasteiger partial charge in [-0.3, -0.25) is 0 Å². The molecule has 3 aromatic rings. The minimum atomic E-state index is -2.92. The van der Waals surface area contributed by atoms with Crippen molar-refractivity contribution in [2.45, 2.75) is 12.7 Å². The number of nitrogens with one attached hydrogen (secondary N) is 1. The third kappa shape index (κ3) is 3.17. The maximum atomic E-state index is 12.8. The van der Waals surface area contributed by atoms with E-state index in [0.717, 1.165) is 15.7 Å². The number of nitrogens with zero attached hydrogens (tertiary/aromatic N) is 4. The Kier molecular flexibility index (Phi) is 4.37. The molecule has 6 nitrogen and oxygen atoms in total. The van der Waals surface area contributed by atoms with E-state index in [-0.39, 0.29) is 5.75 Å². The first-order valence-electron chi connectivity index (χ1n) is 7.68. The maximum absolute atomic E-state index is 12.8. The molecule has 2 aromatic carbocycles. The number of tetrazole rings is 1. The molecule has 26 heavy (non-hydrogen) atoms. The molecule has 1 unspecified atom stereocenters. The highest BCUT2D eigenvalue weighted by molar-refractivity contribution is 9.10. The Morgan fingerprint density at radius 3 is 2.81 bits per heavy atom. The molecule has 0 amide bonds. The van der Waals surface area contributed by atoms with E-state index in [0.29, 0.717) is 11.5 Å². The molecule has 1 N–H and O–H groups in total. The lowest BCUT2D eigenvalue weighted by molar-refractivity contribution is -0.0506. The minimum absolute atomic E-state index is 0.0840. The van der Waals surface area contributed by atoms with Crippen molar-refractivity contribution in [3.05, 3.63) is 70.2 Å². The van der Waals surface area contributed by atoms with Crippen LogP contribution in [0.25, 0.3) is 5.70 Å². The molecule has 0 bridgehead atoms. The molecule has 0 radical (unpaired) electrons. The van der Waals surface area contributed by atoms with Crippen LogP contribution in [0.3, 0.4) is 0 Å². The third-order valence-corrected chi connectivity index (χ3v) is 4.41. The van der Waals surface area contributed by atoms with Crippen molar-refractivity contribution in [3.63, 3.8) is 0 Å². The van der Waals surface area contributed by atoms with Gasteiger partial charge in [0, 0.05) is 15.7 Å². The van der Waals surface area contributed by atoms with Crippen LogP contribution in [0.15, 0.2) is 59.1 Å². The van der Waals surface area contributed by atoms with Crippen molar-refractivity contribution in [2.75, 3.05) is 5.32 Å². The number of benzene rings is 2. The molecular formula is C17H12BrF2N5O. The lowest BCUT2D eigenvalue weighted by Crippen LogP contribution is -2.21. The summed E-state index contributed by atoms with van der Waals surface area (Å²) >= 11 is 3.45. The molecule has 1 aliphatic heterocycles. The van der Waals surface area contributed by atoms with Crippen molar-refractivity contribution in [3.8, 4) is 5.75 Å². The second kappa shape index (κ2) is 6.83. The van der Waals surface area contributed by atoms with Gasteiger partial charge >= 0.3 is 6.61 Å². The van der Waals surface area contributed by atoms with Gasteiger partial charge < -0.3 is 10.1 Å². The van der Waals surface area contributed by atoms with E-state index in [1.807, 2.05) is 30.3 Å². The molecular weight excluding hydrogens is 408 g/mol. The highest BCUT2D eigenvalue weighted by Crippen LogP contribution is 2.36. The fourth-order valence-corrected chi connectivity index (χ4v) is 3.23. The molecule has 1 aromatic heterocycles. The summed E-state index contributed by atoms with van der Waals surface area (Å²) in [4.78, 5) is 0. The van der Waals surface area contributed by atoms with Gasteiger partial charge in [0.05, 0.1) is 0 Å². The van der Waals surface area contributed by atoms with E-state index < -0.39 is 12.7 Å². The molecule has 0 aliphatic carbocycles. The molecule has 1 atom stereocenters. The third-order valence-electron chi connectivity index (χ3n) is 3.92. The number of anilines is 1. The Balaban J connectivity index is 1.82. The molecule has 0 fully saturated rings. The van der Waals surface area contributed by atoms with Crippen LogP contribution in [0.2, 0.25) is 0 Å². The van der Waals surface area contributed by atoms with E-state index in [1.54, 1.807) is 18.2 Å². The van der Waals surface area contributed by atoms with Crippen molar-refractivity contribution >= 4 is 27.6 Å². The lowest BCUT2D eigenvalue weighted by atomic mass is 10.0. The summed E-state index contributed by atoms with van der Waals surface area (Å²) in [6, 6.07) is 13.8. The Morgan fingerprint density at radius 2 is 2.00 bits per heavy atom. The first-order valence-corrected chi connectivity index (χ1v) is 8.47. The predicted molar refractivity (Wildman–Crippen MR) is 94.8 cm³/mol. The van der Waals surface area contributed by atoms with Gasteiger partial charge in [-0.25, -0.2) is 0 Å². The Bertz CT molecular complexity index is 975. The van der Waals surface area contributed by atoms with Crippen LogP contribution in [0, 0.1) is 0 Å². The van der Waals surface area contributed by atoms with Crippen LogP contribution in [0.4, 0.5) is 14.7 Å². The van der Waals surface area contributed by atoms with E-state index in [4.69, 9.17) is 0 Å². The second-order valence-electron chi connectivity index (χ2n) is 5.52. The standard InChI is InChI=1S/C17H12BrF2N5O/c18-11-5-3-4-10(8-11)13-9-14(25-17(21-13)22-23-24-25)12-6-1-2-7-15(12)26-16(19)20/h1-9,14,16H,(H,21,22,24). The SMILES string of the molecule is FC(F)Oc1ccccc1C1C=C(c2cccc(Br)c2)Nc2nnnn21. The highest BCUT2D eigenvalue weighted by Gasteiger charge is 2.27. The van der Waals surface area contributed by atoms with Crippen LogP contribution in [0.5, 0.6) is 5.75 Å². The van der Waals surface area contributed by atoms with Crippen molar-refractivity contribution in [1.29, 1.82) is 0 Å². The number of fused-ring (bicyclic) bond motifs is 1. The van der Waals surface area contributed by atoms with Gasteiger partial charge in [0.15, 0.2) is 0 Å². The van der Waals surface area contributed by atoms with Crippen LogP contribution >= 0.6 is 15.9 Å². The van der Waals surface area contributed by atoms with Gasteiger partial charge in [-0.05, 0) is 40.3 Å². The largest absolute Gasteiger partial charge is 0.434 e. The second-order valence-corrected chi connectivity index (χ2v) is 6.44. The molecule has 9 heteroatoms. The fourth-order valence-electron chi connectivity index (χ4n) is 2.83. The first-order chi connectivity index (χ1) is 12.6. The minimum Gasteiger partial charge on any atom is -0.434 e. The van der Waals surface area contributed by atoms with Crippen molar-refractivity contribution in [2.24, 2.45) is 0 Å². The van der Waals surface area contributed by atoms with E-state index in [9.17, 15) is 8.78 Å². The average Bonchev–Trinajstić information content (AvgIpc) is 3.09. The summed E-state index contributed by atoms with van der Waals surface area (Å²) in [7, 11) is 0. The molecule has 132 valence electrons. The first kappa shape index (κ1) is 16.6. The van der Waals surface area contributed by atoms with E-state index in [2.05, 4.69) is 41.5 Å². The van der Waals surface area contributed by atoms with Gasteiger partial charge in [-0.2, -0.15) is 13.5 Å². The zero-order valence-electron chi connectivity index (χ0n) is 13.2. The fraction of sp³-hybridized carbons (Fsp3) is 0.118. The summed E-state index contributed by atoms with van der Waals surface area (Å²) in [5.41, 5.74) is 2.21. The number of hydrogen-bond donors (Lipinski definition) is 1. The number of rotatable bonds is 4. The molecule has 0 saturated carbocycles. The van der Waals surface area contributed by atoms with E-state index in [1.165, 1.54) is 10.7 Å². The van der Waals surface area contributed by atoms with Crippen LogP contribution in [-0.2, 0) is 0 Å². The van der Waals surface area contributed by atoms with Crippen LogP contribution in [0.1, 0.15) is 17.2 Å². The Hall–Kier alpha value is -2.81. The maximum Gasteiger partial charge on any atom is 0.387 e. The summed E-state index contributed by atoms with van der Waals surface area (Å²) in [6.45, 7) is -2.92. The smallest absolute Gasteiger partial charge is 0.387 e. The summed E-state index contributed by atoms with van der Waals surface area (Å²) in [5, 5.41) is 14.8. The zero-order valence-corrected chi connectivity index (χ0v) is 14.8. The van der Waals surface area contributed by atoms with E-state index >= 15 is 0 Å². The van der Waals surface area contributed by atoms with Crippen molar-refractivity contribution in [1.82, 2.24) is 20.2 Å². The quantitative estimate of drug-likeness (QED) is 0.689. The number of hydrogen-bond acceptors (Lipinski definition) is 5. The number of halogens is 3. The zero-order chi connectivity index (χ0) is 18.1. The summed E-state index contributed by atoms with van der Waals surface area (Å²) in [5.74, 6) is 0.500. The number of aromatic nitrogens is 4. The van der Waals surface area contributed by atoms with Crippen LogP contribution < -0.4 is 10.1 Å². The topological polar surface area (TPSA) is 64.9 Å². The molecule has 0 spiro atoms. The van der Waals surface area contributed by atoms with Gasteiger partial charge in [-0.15, -0.1) is 0 Å². The highest BCUT2D eigenvalue weighted by atomic mass is 79.9. The molecule has 0 saturated heterocycles. The normalized spacial score (nSPS) is 16.0.